The zero-order valence-electron chi connectivity index (χ0n) is 11.8. The third kappa shape index (κ3) is 6.38. The molecule has 110 valence electrons. The van der Waals surface area contributed by atoms with E-state index in [1.807, 2.05) is 20.8 Å². The van der Waals surface area contributed by atoms with Gasteiger partial charge in [0.05, 0.1) is 5.75 Å². The fourth-order valence-corrected chi connectivity index (χ4v) is 3.36. The molecule has 6 heteroatoms. The van der Waals surface area contributed by atoms with Gasteiger partial charge in [-0.2, -0.15) is 0 Å². The second-order valence-corrected chi connectivity index (χ2v) is 7.44. The van der Waals surface area contributed by atoms with Crippen LogP contribution in [-0.2, 0) is 14.8 Å². The Morgan fingerprint density at radius 3 is 2.55 bits per heavy atom. The van der Waals surface area contributed by atoms with E-state index in [0.717, 1.165) is 6.08 Å². The SMILES string of the molecule is CC(C)(C)CS(=O)(=O)Nc1cccc(/C=C/C(=O)O)c1. The Morgan fingerprint density at radius 2 is 2.00 bits per heavy atom. The zero-order valence-corrected chi connectivity index (χ0v) is 12.6. The molecule has 0 atom stereocenters. The summed E-state index contributed by atoms with van der Waals surface area (Å²) in [5.41, 5.74) is 0.692. The third-order valence-corrected chi connectivity index (χ3v) is 3.99. The minimum Gasteiger partial charge on any atom is -0.478 e. The van der Waals surface area contributed by atoms with Crippen LogP contribution in [0.1, 0.15) is 26.3 Å². The first-order valence-electron chi connectivity index (χ1n) is 6.09. The molecular weight excluding hydrogens is 278 g/mol. The molecule has 1 rings (SSSR count). The number of sulfonamides is 1. The minimum atomic E-state index is -3.43. The number of hydrogen-bond donors (Lipinski definition) is 2. The molecule has 0 aliphatic rings. The van der Waals surface area contributed by atoms with Crippen molar-refractivity contribution in [3.05, 3.63) is 35.9 Å². The van der Waals surface area contributed by atoms with E-state index < -0.39 is 16.0 Å². The van der Waals surface area contributed by atoms with Crippen molar-refractivity contribution >= 4 is 27.8 Å². The number of rotatable bonds is 5. The summed E-state index contributed by atoms with van der Waals surface area (Å²) in [6, 6.07) is 6.56. The lowest BCUT2D eigenvalue weighted by molar-refractivity contribution is -0.131. The highest BCUT2D eigenvalue weighted by Gasteiger charge is 2.21. The number of carboxylic acids is 1. The maximum atomic E-state index is 12.0. The second kappa shape index (κ2) is 6.09. The topological polar surface area (TPSA) is 83.5 Å². The van der Waals surface area contributed by atoms with Crippen molar-refractivity contribution in [2.45, 2.75) is 20.8 Å². The van der Waals surface area contributed by atoms with Crippen LogP contribution in [0.15, 0.2) is 30.3 Å². The summed E-state index contributed by atoms with van der Waals surface area (Å²) in [4.78, 5) is 10.4. The summed E-state index contributed by atoms with van der Waals surface area (Å²) in [7, 11) is -3.43. The molecular formula is C14H19NO4S. The largest absolute Gasteiger partial charge is 0.478 e. The molecule has 0 saturated heterocycles. The lowest BCUT2D eigenvalue weighted by Gasteiger charge is -2.18. The van der Waals surface area contributed by atoms with Gasteiger partial charge in [-0.3, -0.25) is 4.72 Å². The number of aliphatic carboxylic acids is 1. The normalized spacial score (nSPS) is 12.6. The van der Waals surface area contributed by atoms with Crippen molar-refractivity contribution in [2.24, 2.45) is 5.41 Å². The van der Waals surface area contributed by atoms with Crippen LogP contribution in [0.3, 0.4) is 0 Å². The highest BCUT2D eigenvalue weighted by molar-refractivity contribution is 7.92. The molecule has 0 saturated carbocycles. The molecule has 0 bridgehead atoms. The van der Waals surface area contributed by atoms with Gasteiger partial charge < -0.3 is 5.11 Å². The van der Waals surface area contributed by atoms with Gasteiger partial charge in [-0.25, -0.2) is 13.2 Å². The zero-order chi connectivity index (χ0) is 15.4. The number of hydrogen-bond acceptors (Lipinski definition) is 3. The van der Waals surface area contributed by atoms with Gasteiger partial charge in [-0.1, -0.05) is 32.9 Å². The maximum Gasteiger partial charge on any atom is 0.328 e. The molecule has 0 amide bonds. The highest BCUT2D eigenvalue weighted by Crippen LogP contribution is 2.19. The molecule has 1 aromatic carbocycles. The van der Waals surface area contributed by atoms with E-state index in [4.69, 9.17) is 5.11 Å². The molecule has 0 fully saturated rings. The average molecular weight is 297 g/mol. The summed E-state index contributed by atoms with van der Waals surface area (Å²) in [6.45, 7) is 5.54. The van der Waals surface area contributed by atoms with Crippen LogP contribution in [-0.4, -0.2) is 25.2 Å². The van der Waals surface area contributed by atoms with Gasteiger partial charge in [-0.05, 0) is 29.2 Å². The fraction of sp³-hybridized carbons (Fsp3) is 0.357. The van der Waals surface area contributed by atoms with Crippen molar-refractivity contribution in [1.29, 1.82) is 0 Å². The molecule has 0 spiro atoms. The molecule has 0 heterocycles. The summed E-state index contributed by atoms with van der Waals surface area (Å²) in [5.74, 6) is -1.04. The quantitative estimate of drug-likeness (QED) is 0.818. The fourth-order valence-electron chi connectivity index (χ4n) is 1.66. The van der Waals surface area contributed by atoms with Gasteiger partial charge in [0.1, 0.15) is 0 Å². The first kappa shape index (κ1) is 16.2. The van der Waals surface area contributed by atoms with Crippen LogP contribution in [0, 0.1) is 5.41 Å². The summed E-state index contributed by atoms with van der Waals surface area (Å²) in [6.07, 6.45) is 2.41. The van der Waals surface area contributed by atoms with Crippen LogP contribution < -0.4 is 4.72 Å². The summed E-state index contributed by atoms with van der Waals surface area (Å²) < 4.78 is 26.4. The monoisotopic (exact) mass is 297 g/mol. The van der Waals surface area contributed by atoms with Gasteiger partial charge in [0.25, 0.3) is 0 Å². The Bertz CT molecular complexity index is 612. The van der Waals surface area contributed by atoms with Crippen LogP contribution in [0.2, 0.25) is 0 Å². The molecule has 0 aliphatic heterocycles. The smallest absolute Gasteiger partial charge is 0.328 e. The Morgan fingerprint density at radius 1 is 1.35 bits per heavy atom. The van der Waals surface area contributed by atoms with E-state index in [2.05, 4.69) is 4.72 Å². The van der Waals surface area contributed by atoms with Crippen LogP contribution in [0.5, 0.6) is 0 Å². The van der Waals surface area contributed by atoms with E-state index in [1.54, 1.807) is 24.3 Å². The predicted molar refractivity (Wildman–Crippen MR) is 80.0 cm³/mol. The Balaban J connectivity index is 2.88. The Hall–Kier alpha value is -1.82. The highest BCUT2D eigenvalue weighted by atomic mass is 32.2. The van der Waals surface area contributed by atoms with Crippen LogP contribution in [0.4, 0.5) is 5.69 Å². The third-order valence-electron chi connectivity index (χ3n) is 2.20. The van der Waals surface area contributed by atoms with Crippen molar-refractivity contribution in [1.82, 2.24) is 0 Å². The van der Waals surface area contributed by atoms with Gasteiger partial charge in [0, 0.05) is 11.8 Å². The maximum absolute atomic E-state index is 12.0. The lowest BCUT2D eigenvalue weighted by Crippen LogP contribution is -2.26. The number of anilines is 1. The van der Waals surface area contributed by atoms with Crippen LogP contribution >= 0.6 is 0 Å². The Labute approximate surface area is 119 Å². The predicted octanol–water partition coefficient (Wildman–Crippen LogP) is 2.57. The van der Waals surface area contributed by atoms with E-state index in [9.17, 15) is 13.2 Å². The summed E-state index contributed by atoms with van der Waals surface area (Å²) >= 11 is 0. The van der Waals surface area contributed by atoms with Crippen molar-refractivity contribution in [3.8, 4) is 0 Å². The Kier molecular flexibility index (Phi) is 4.94. The molecule has 1 aromatic rings. The van der Waals surface area contributed by atoms with Gasteiger partial charge in [-0.15, -0.1) is 0 Å². The van der Waals surface area contributed by atoms with Gasteiger partial charge >= 0.3 is 5.97 Å². The minimum absolute atomic E-state index is 0.00912. The van der Waals surface area contributed by atoms with E-state index in [0.29, 0.717) is 11.3 Å². The number of carboxylic acid groups (broad SMARTS) is 1. The molecule has 20 heavy (non-hydrogen) atoms. The number of benzene rings is 1. The average Bonchev–Trinajstić information content (AvgIpc) is 2.22. The van der Waals surface area contributed by atoms with E-state index >= 15 is 0 Å². The van der Waals surface area contributed by atoms with Crippen LogP contribution in [0.25, 0.3) is 6.08 Å². The first-order valence-corrected chi connectivity index (χ1v) is 7.74. The van der Waals surface area contributed by atoms with Gasteiger partial charge in [0.2, 0.25) is 10.0 Å². The standard InChI is InChI=1S/C14H19NO4S/c1-14(2,3)10-20(18,19)15-12-6-4-5-11(9-12)7-8-13(16)17/h4-9,15H,10H2,1-3H3,(H,16,17)/b8-7+. The molecule has 0 radical (unpaired) electrons. The molecule has 0 aromatic heterocycles. The molecule has 0 aliphatic carbocycles. The van der Waals surface area contributed by atoms with Crippen molar-refractivity contribution in [3.63, 3.8) is 0 Å². The van der Waals surface area contributed by atoms with Crippen molar-refractivity contribution < 1.29 is 18.3 Å². The van der Waals surface area contributed by atoms with E-state index in [-0.39, 0.29) is 11.2 Å². The summed E-state index contributed by atoms with van der Waals surface area (Å²) in [5, 5.41) is 8.56. The number of nitrogens with one attached hydrogen (secondary N) is 1. The lowest BCUT2D eigenvalue weighted by atomic mass is 10.0. The van der Waals surface area contributed by atoms with Gasteiger partial charge in [0.15, 0.2) is 0 Å². The molecule has 2 N–H and O–H groups in total. The first-order chi connectivity index (χ1) is 9.07. The van der Waals surface area contributed by atoms with Crippen molar-refractivity contribution in [2.75, 3.05) is 10.5 Å². The number of carbonyl (C=O) groups is 1. The van der Waals surface area contributed by atoms with E-state index in [1.165, 1.54) is 6.08 Å². The molecule has 5 nitrogen and oxygen atoms in total. The second-order valence-electron chi connectivity index (χ2n) is 5.72. The molecule has 0 unspecified atom stereocenters.